The molecule has 0 saturated heterocycles. The first-order valence-corrected chi connectivity index (χ1v) is 5.30. The van der Waals surface area contributed by atoms with E-state index in [1.807, 2.05) is 17.8 Å². The van der Waals surface area contributed by atoms with Crippen molar-refractivity contribution >= 4 is 34.7 Å². The lowest BCUT2D eigenvalue weighted by molar-refractivity contribution is 1.13. The van der Waals surface area contributed by atoms with Crippen LogP contribution in [0.2, 0.25) is 0 Å². The van der Waals surface area contributed by atoms with E-state index in [9.17, 15) is 0 Å². The Morgan fingerprint density at radius 2 is 2.14 bits per heavy atom. The minimum absolute atomic E-state index is 0.884. The molecule has 0 bridgehead atoms. The van der Waals surface area contributed by atoms with E-state index in [0.29, 0.717) is 0 Å². The summed E-state index contributed by atoms with van der Waals surface area (Å²) >= 11 is 1.66. The maximum Gasteiger partial charge on any atom is 0.115 e. The summed E-state index contributed by atoms with van der Waals surface area (Å²) in [5.41, 5.74) is 2.13. The highest BCUT2D eigenvalue weighted by atomic mass is 32.1. The van der Waals surface area contributed by atoms with Crippen molar-refractivity contribution in [2.24, 2.45) is 0 Å². The zero-order chi connectivity index (χ0) is 10.6. The number of fused-ring (bicyclic) bond motifs is 1. The number of aryl methyl sites for hydroxylation is 1. The van der Waals surface area contributed by atoms with Crippen LogP contribution >= 0.6 is 11.3 Å². The van der Waals surface area contributed by atoms with Gasteiger partial charge in [0.2, 0.25) is 0 Å². The van der Waals surface area contributed by atoms with Crippen molar-refractivity contribution in [2.75, 3.05) is 0 Å². The van der Waals surface area contributed by atoms with E-state index in [4.69, 9.17) is 7.85 Å². The molecule has 0 amide bonds. The monoisotopic (exact) mass is 201 g/mol. The van der Waals surface area contributed by atoms with Crippen molar-refractivity contribution in [2.45, 2.75) is 13.3 Å². The fraction of sp³-hybridized carbons (Fsp3) is 0.182. The van der Waals surface area contributed by atoms with Gasteiger partial charge in [-0.3, -0.25) is 4.98 Å². The molecule has 0 saturated carbocycles. The molecule has 0 fully saturated rings. The van der Waals surface area contributed by atoms with Gasteiger partial charge in [0.1, 0.15) is 7.85 Å². The molecule has 0 spiro atoms. The maximum atomic E-state index is 5.84. The predicted octanol–water partition coefficient (Wildman–Crippen LogP) is 2.45. The molecule has 3 heteroatoms. The summed E-state index contributed by atoms with van der Waals surface area (Å²) < 4.78 is 1.19. The normalized spacial score (nSPS) is 9.50. The quantitative estimate of drug-likeness (QED) is 0.510. The first-order chi connectivity index (χ1) is 6.83. The van der Waals surface area contributed by atoms with Crippen LogP contribution in [0.1, 0.15) is 12.5 Å². The Morgan fingerprint density at radius 3 is 2.79 bits per heavy atom. The van der Waals surface area contributed by atoms with Crippen LogP contribution in [0.15, 0.2) is 30.9 Å². The first kappa shape index (κ1) is 11.0. The molecule has 0 unspecified atom stereocenters. The summed E-state index contributed by atoms with van der Waals surface area (Å²) in [5.74, 6) is 0. The Morgan fingerprint density at radius 1 is 1.43 bits per heavy atom. The third-order valence-electron chi connectivity index (χ3n) is 1.97. The van der Waals surface area contributed by atoms with Crippen LogP contribution in [-0.4, -0.2) is 12.8 Å². The fourth-order valence-corrected chi connectivity index (χ4v) is 2.21. The van der Waals surface area contributed by atoms with Gasteiger partial charge in [-0.05, 0) is 22.8 Å². The summed E-state index contributed by atoms with van der Waals surface area (Å²) in [6.45, 7) is 8.12. The molecule has 2 aromatic rings. The molecule has 2 radical (unpaired) electrons. The summed E-state index contributed by atoms with van der Waals surface area (Å²) in [7, 11) is 5.84. The minimum atomic E-state index is 0.884. The lowest BCUT2D eigenvalue weighted by Gasteiger charge is -1.99. The second-order valence-electron chi connectivity index (χ2n) is 2.72. The molecule has 0 aliphatic carbocycles. The molecule has 0 aromatic carbocycles. The molecule has 2 rings (SSSR count). The van der Waals surface area contributed by atoms with Gasteiger partial charge in [-0.15, -0.1) is 24.5 Å². The van der Waals surface area contributed by atoms with Gasteiger partial charge in [-0.2, -0.15) is 0 Å². The number of rotatable bonds is 1. The SMILES string of the molecule is C=C.[B]c1csc2cncc(CC)c12. The molecule has 1 nitrogen and oxygen atoms in total. The van der Waals surface area contributed by atoms with Crippen LogP contribution in [0.3, 0.4) is 0 Å². The largest absolute Gasteiger partial charge is 0.263 e. The van der Waals surface area contributed by atoms with E-state index in [1.54, 1.807) is 11.3 Å². The molecule has 2 heterocycles. The lowest BCUT2D eigenvalue weighted by atomic mass is 9.93. The number of hydrogen-bond donors (Lipinski definition) is 0. The van der Waals surface area contributed by atoms with E-state index in [1.165, 1.54) is 15.6 Å². The average Bonchev–Trinajstić information content (AvgIpc) is 2.64. The van der Waals surface area contributed by atoms with E-state index < -0.39 is 0 Å². The van der Waals surface area contributed by atoms with Crippen molar-refractivity contribution in [3.8, 4) is 0 Å². The van der Waals surface area contributed by atoms with Crippen LogP contribution in [0.5, 0.6) is 0 Å². The Labute approximate surface area is 89.9 Å². The maximum absolute atomic E-state index is 5.84. The lowest BCUT2D eigenvalue weighted by Crippen LogP contribution is -2.00. The van der Waals surface area contributed by atoms with Gasteiger partial charge >= 0.3 is 0 Å². The summed E-state index contributed by atoms with van der Waals surface area (Å²) in [4.78, 5) is 4.15. The predicted molar refractivity (Wildman–Crippen MR) is 65.6 cm³/mol. The van der Waals surface area contributed by atoms with Crippen LogP contribution in [0, 0.1) is 0 Å². The smallest absolute Gasteiger partial charge is 0.115 e. The number of pyridine rings is 1. The number of nitrogens with zero attached hydrogens (tertiary/aromatic N) is 1. The van der Waals surface area contributed by atoms with Gasteiger partial charge in [0.25, 0.3) is 0 Å². The van der Waals surface area contributed by atoms with Crippen molar-refractivity contribution in [1.29, 1.82) is 0 Å². The second-order valence-corrected chi connectivity index (χ2v) is 3.63. The number of aromatic nitrogens is 1. The van der Waals surface area contributed by atoms with E-state index in [2.05, 4.69) is 25.1 Å². The van der Waals surface area contributed by atoms with Gasteiger partial charge in [-0.25, -0.2) is 0 Å². The molecule has 0 aliphatic heterocycles. The molecule has 2 aromatic heterocycles. The zero-order valence-corrected chi connectivity index (χ0v) is 9.10. The fourth-order valence-electron chi connectivity index (χ4n) is 1.35. The molecule has 14 heavy (non-hydrogen) atoms. The highest BCUT2D eigenvalue weighted by Gasteiger charge is 2.03. The van der Waals surface area contributed by atoms with Gasteiger partial charge in [0.05, 0.1) is 4.70 Å². The van der Waals surface area contributed by atoms with Gasteiger partial charge in [-0.1, -0.05) is 12.4 Å². The molecular weight excluding hydrogens is 189 g/mol. The minimum Gasteiger partial charge on any atom is -0.263 e. The van der Waals surface area contributed by atoms with Crippen LogP contribution in [0.4, 0.5) is 0 Å². The first-order valence-electron chi connectivity index (χ1n) is 4.42. The van der Waals surface area contributed by atoms with Crippen LogP contribution in [0.25, 0.3) is 10.1 Å². The van der Waals surface area contributed by atoms with Crippen molar-refractivity contribution < 1.29 is 0 Å². The molecular formula is C11H12BNS. The Balaban J connectivity index is 0.000000461. The van der Waals surface area contributed by atoms with Gasteiger partial charge in [0, 0.05) is 12.4 Å². The Kier molecular flexibility index (Phi) is 3.90. The molecule has 0 aliphatic rings. The highest BCUT2D eigenvalue weighted by Crippen LogP contribution is 2.20. The van der Waals surface area contributed by atoms with Crippen molar-refractivity contribution in [3.05, 3.63) is 36.5 Å². The third-order valence-corrected chi connectivity index (χ3v) is 2.91. The molecule has 0 N–H and O–H groups in total. The van der Waals surface area contributed by atoms with Crippen molar-refractivity contribution in [3.63, 3.8) is 0 Å². The molecule has 0 atom stereocenters. The Bertz CT molecular complexity index is 422. The van der Waals surface area contributed by atoms with Gasteiger partial charge < -0.3 is 0 Å². The summed E-state index contributed by atoms with van der Waals surface area (Å²) in [5, 5.41) is 3.17. The molecule has 70 valence electrons. The Hall–Kier alpha value is -1.09. The third kappa shape index (κ3) is 1.88. The summed E-state index contributed by atoms with van der Waals surface area (Å²) in [6.07, 6.45) is 4.76. The zero-order valence-electron chi connectivity index (χ0n) is 8.29. The van der Waals surface area contributed by atoms with E-state index in [0.717, 1.165) is 11.9 Å². The number of thiophene rings is 1. The van der Waals surface area contributed by atoms with E-state index >= 15 is 0 Å². The standard InChI is InChI=1S/C9H8BNS.C2H4/c1-2-6-3-11-4-8-9(6)7(10)5-12-8;1-2/h3-5H,2H2,1H3;1-2H2. The topological polar surface area (TPSA) is 12.9 Å². The highest BCUT2D eigenvalue weighted by molar-refractivity contribution is 7.18. The van der Waals surface area contributed by atoms with Crippen LogP contribution in [-0.2, 0) is 6.42 Å². The average molecular weight is 201 g/mol. The summed E-state index contributed by atoms with van der Waals surface area (Å²) in [6, 6.07) is 0. The van der Waals surface area contributed by atoms with Crippen molar-refractivity contribution in [1.82, 2.24) is 4.98 Å². The second kappa shape index (κ2) is 4.96. The van der Waals surface area contributed by atoms with Crippen LogP contribution < -0.4 is 5.46 Å². The van der Waals surface area contributed by atoms with E-state index in [-0.39, 0.29) is 0 Å². The van der Waals surface area contributed by atoms with Gasteiger partial charge in [0.15, 0.2) is 0 Å². The number of hydrogen-bond acceptors (Lipinski definition) is 2.